The van der Waals surface area contributed by atoms with Crippen molar-refractivity contribution in [2.45, 2.75) is 24.8 Å². The molecule has 0 bridgehead atoms. The summed E-state index contributed by atoms with van der Waals surface area (Å²) < 4.78 is 31.0. The highest BCUT2D eigenvalue weighted by Gasteiger charge is 2.28. The van der Waals surface area contributed by atoms with Crippen LogP contribution in [0.25, 0.3) is 0 Å². The van der Waals surface area contributed by atoms with E-state index in [2.05, 4.69) is 9.46 Å². The van der Waals surface area contributed by atoms with Gasteiger partial charge in [0.25, 0.3) is 0 Å². The molecule has 6 nitrogen and oxygen atoms in total. The van der Waals surface area contributed by atoms with E-state index in [0.29, 0.717) is 0 Å². The highest BCUT2D eigenvalue weighted by Crippen LogP contribution is 2.16. The molecule has 1 rings (SSSR count). The van der Waals surface area contributed by atoms with Crippen LogP contribution in [0.5, 0.6) is 5.75 Å². The first kappa shape index (κ1) is 15.5. The molecule has 0 fully saturated rings. The number of hydrogen-bond donors (Lipinski definition) is 2. The lowest BCUT2D eigenvalue weighted by Gasteiger charge is -2.19. The minimum atomic E-state index is -3.84. The Labute approximate surface area is 112 Å². The van der Waals surface area contributed by atoms with Crippen molar-refractivity contribution in [2.75, 3.05) is 7.11 Å². The lowest BCUT2D eigenvalue weighted by Crippen LogP contribution is -2.44. The van der Waals surface area contributed by atoms with E-state index in [1.165, 1.54) is 31.4 Å². The van der Waals surface area contributed by atoms with Crippen LogP contribution in [-0.2, 0) is 19.6 Å². The first-order chi connectivity index (χ1) is 8.77. The summed E-state index contributed by atoms with van der Waals surface area (Å²) in [5.41, 5.74) is 0. The van der Waals surface area contributed by atoms with Crippen LogP contribution in [0.2, 0.25) is 0 Å². The summed E-state index contributed by atoms with van der Waals surface area (Å²) in [6.45, 7) is 3.42. The number of carbonyl (C=O) groups excluding carboxylic acids is 1. The average molecular weight is 287 g/mol. The van der Waals surface area contributed by atoms with Crippen molar-refractivity contribution in [1.82, 2.24) is 4.72 Å². The van der Waals surface area contributed by atoms with Crippen molar-refractivity contribution in [3.8, 4) is 5.75 Å². The Morgan fingerprint density at radius 3 is 2.21 bits per heavy atom. The third-order valence-corrected chi connectivity index (χ3v) is 4.01. The summed E-state index contributed by atoms with van der Waals surface area (Å²) in [6.07, 6.45) is 0. The second-order valence-corrected chi connectivity index (χ2v) is 6.07. The number of esters is 1. The summed E-state index contributed by atoms with van der Waals surface area (Å²) in [7, 11) is -2.64. The van der Waals surface area contributed by atoms with Gasteiger partial charge in [-0.15, -0.1) is 0 Å². The second-order valence-electron chi connectivity index (χ2n) is 4.36. The van der Waals surface area contributed by atoms with Gasteiger partial charge in [0.05, 0.1) is 12.0 Å². The number of ether oxygens (including phenoxy) is 1. The molecule has 0 aliphatic heterocycles. The van der Waals surface area contributed by atoms with E-state index in [-0.39, 0.29) is 16.6 Å². The van der Waals surface area contributed by atoms with E-state index in [1.54, 1.807) is 13.8 Å². The number of benzene rings is 1. The molecule has 2 N–H and O–H groups in total. The third kappa shape index (κ3) is 3.93. The SMILES string of the molecule is COC(=O)C(NS(=O)(=O)c1ccc(O)cc1)C(C)C. The molecule has 0 radical (unpaired) electrons. The number of phenols is 1. The van der Waals surface area contributed by atoms with Crippen molar-refractivity contribution in [3.63, 3.8) is 0 Å². The summed E-state index contributed by atoms with van der Waals surface area (Å²) in [4.78, 5) is 11.5. The van der Waals surface area contributed by atoms with Crippen molar-refractivity contribution < 1.29 is 23.1 Å². The van der Waals surface area contributed by atoms with Gasteiger partial charge in [0.15, 0.2) is 0 Å². The average Bonchev–Trinajstić information content (AvgIpc) is 2.35. The molecule has 0 heterocycles. The molecule has 0 spiro atoms. The third-order valence-electron chi connectivity index (χ3n) is 2.55. The van der Waals surface area contributed by atoms with Gasteiger partial charge in [-0.3, -0.25) is 4.79 Å². The fourth-order valence-corrected chi connectivity index (χ4v) is 2.78. The lowest BCUT2D eigenvalue weighted by molar-refractivity contribution is -0.143. The van der Waals surface area contributed by atoms with Gasteiger partial charge >= 0.3 is 5.97 Å². The Bertz CT molecular complexity index is 536. The van der Waals surface area contributed by atoms with Gasteiger partial charge in [0, 0.05) is 0 Å². The predicted molar refractivity (Wildman–Crippen MR) is 69.1 cm³/mol. The van der Waals surface area contributed by atoms with Gasteiger partial charge in [-0.25, -0.2) is 8.42 Å². The Balaban J connectivity index is 3.00. The molecule has 106 valence electrons. The highest BCUT2D eigenvalue weighted by molar-refractivity contribution is 7.89. The van der Waals surface area contributed by atoms with Crippen LogP contribution in [0, 0.1) is 5.92 Å². The molecule has 0 saturated carbocycles. The van der Waals surface area contributed by atoms with Crippen LogP contribution < -0.4 is 4.72 Å². The van der Waals surface area contributed by atoms with E-state index in [9.17, 15) is 13.2 Å². The lowest BCUT2D eigenvalue weighted by atomic mass is 10.1. The number of phenolic OH excluding ortho intramolecular Hbond substituents is 1. The maximum Gasteiger partial charge on any atom is 0.324 e. The van der Waals surface area contributed by atoms with Crippen LogP contribution in [0.4, 0.5) is 0 Å². The number of rotatable bonds is 5. The Morgan fingerprint density at radius 2 is 1.79 bits per heavy atom. The first-order valence-electron chi connectivity index (χ1n) is 5.67. The first-order valence-corrected chi connectivity index (χ1v) is 7.15. The molecule has 0 aliphatic carbocycles. The van der Waals surface area contributed by atoms with Crippen molar-refractivity contribution in [2.24, 2.45) is 5.92 Å². The Morgan fingerprint density at radius 1 is 1.26 bits per heavy atom. The molecule has 19 heavy (non-hydrogen) atoms. The van der Waals surface area contributed by atoms with E-state index < -0.39 is 22.0 Å². The number of aromatic hydroxyl groups is 1. The smallest absolute Gasteiger partial charge is 0.324 e. The molecule has 1 atom stereocenters. The number of carbonyl (C=O) groups is 1. The molecule has 1 aromatic carbocycles. The van der Waals surface area contributed by atoms with Gasteiger partial charge in [-0.2, -0.15) is 4.72 Å². The molecular formula is C12H17NO5S. The topological polar surface area (TPSA) is 92.7 Å². The second kappa shape index (κ2) is 6.03. The quantitative estimate of drug-likeness (QED) is 0.784. The van der Waals surface area contributed by atoms with Crippen LogP contribution in [0.15, 0.2) is 29.2 Å². The zero-order valence-corrected chi connectivity index (χ0v) is 11.8. The van der Waals surface area contributed by atoms with Gasteiger partial charge in [-0.05, 0) is 30.2 Å². The maximum absolute atomic E-state index is 12.1. The van der Waals surface area contributed by atoms with Crippen molar-refractivity contribution in [1.29, 1.82) is 0 Å². The number of hydrogen-bond acceptors (Lipinski definition) is 5. The van der Waals surface area contributed by atoms with Gasteiger partial charge in [0.2, 0.25) is 10.0 Å². The standard InChI is InChI=1S/C12H17NO5S/c1-8(2)11(12(15)18-3)13-19(16,17)10-6-4-9(14)5-7-10/h4-8,11,13-14H,1-3H3. The van der Waals surface area contributed by atoms with E-state index >= 15 is 0 Å². The van der Waals surface area contributed by atoms with Crippen LogP contribution in [0.1, 0.15) is 13.8 Å². The summed E-state index contributed by atoms with van der Waals surface area (Å²) in [6, 6.07) is 4.08. The van der Waals surface area contributed by atoms with Gasteiger partial charge in [-0.1, -0.05) is 13.8 Å². The van der Waals surface area contributed by atoms with Crippen molar-refractivity contribution >= 4 is 16.0 Å². The summed E-state index contributed by atoms with van der Waals surface area (Å²) in [5, 5.41) is 9.13. The van der Waals surface area contributed by atoms with Gasteiger partial charge in [0.1, 0.15) is 11.8 Å². The summed E-state index contributed by atoms with van der Waals surface area (Å²) in [5.74, 6) is -0.927. The minimum absolute atomic E-state index is 0.0279. The van der Waals surface area contributed by atoms with E-state index in [1.807, 2.05) is 0 Å². The molecule has 7 heteroatoms. The zero-order chi connectivity index (χ0) is 14.6. The van der Waals surface area contributed by atoms with E-state index in [4.69, 9.17) is 5.11 Å². The Hall–Kier alpha value is -1.60. The highest BCUT2D eigenvalue weighted by atomic mass is 32.2. The molecule has 1 aromatic rings. The minimum Gasteiger partial charge on any atom is -0.508 e. The zero-order valence-electron chi connectivity index (χ0n) is 11.0. The fourth-order valence-electron chi connectivity index (χ4n) is 1.44. The predicted octanol–water partition coefficient (Wildman–Crippen LogP) is 0.868. The van der Waals surface area contributed by atoms with Crippen LogP contribution in [-0.4, -0.2) is 32.6 Å². The largest absolute Gasteiger partial charge is 0.508 e. The fraction of sp³-hybridized carbons (Fsp3) is 0.417. The maximum atomic E-state index is 12.1. The molecule has 0 amide bonds. The van der Waals surface area contributed by atoms with Crippen molar-refractivity contribution in [3.05, 3.63) is 24.3 Å². The molecule has 0 aliphatic rings. The summed E-state index contributed by atoms with van der Waals surface area (Å²) >= 11 is 0. The monoisotopic (exact) mass is 287 g/mol. The van der Waals surface area contributed by atoms with Gasteiger partial charge < -0.3 is 9.84 Å². The molecule has 0 saturated heterocycles. The normalized spacial score (nSPS) is 13.3. The Kier molecular flexibility index (Phi) is 4.90. The molecule has 1 unspecified atom stereocenters. The van der Waals surface area contributed by atoms with Crippen LogP contribution >= 0.6 is 0 Å². The number of nitrogens with one attached hydrogen (secondary N) is 1. The molecule has 0 aromatic heterocycles. The number of methoxy groups -OCH3 is 1. The van der Waals surface area contributed by atoms with Crippen LogP contribution in [0.3, 0.4) is 0 Å². The van der Waals surface area contributed by atoms with E-state index in [0.717, 1.165) is 0 Å². The molecular weight excluding hydrogens is 270 g/mol. The number of sulfonamides is 1.